The second-order valence-corrected chi connectivity index (χ2v) is 3.57. The van der Waals surface area contributed by atoms with E-state index < -0.39 is 12.1 Å². The molecule has 5 heteroatoms. The standard InChI is InChI=1S/C12H15NO4/c1-8(14)7-17-12(16)10-6-4-3-5-9(10)11(15)13-2/h3-6,8,14H,7H2,1-2H3,(H,13,15). The highest BCUT2D eigenvalue weighted by Gasteiger charge is 2.17. The Morgan fingerprint density at radius 1 is 1.35 bits per heavy atom. The van der Waals surface area contributed by atoms with Crippen molar-refractivity contribution < 1.29 is 19.4 Å². The number of nitrogens with one attached hydrogen (secondary N) is 1. The maximum Gasteiger partial charge on any atom is 0.339 e. The molecule has 1 rings (SSSR count). The van der Waals surface area contributed by atoms with Crippen LogP contribution in [0.4, 0.5) is 0 Å². The van der Waals surface area contributed by atoms with Crippen molar-refractivity contribution in [2.45, 2.75) is 13.0 Å². The van der Waals surface area contributed by atoms with Gasteiger partial charge in [0, 0.05) is 7.05 Å². The Morgan fingerprint density at radius 3 is 2.47 bits per heavy atom. The van der Waals surface area contributed by atoms with Gasteiger partial charge in [-0.2, -0.15) is 0 Å². The summed E-state index contributed by atoms with van der Waals surface area (Å²) in [6.45, 7) is 1.42. The summed E-state index contributed by atoms with van der Waals surface area (Å²) in [5, 5.41) is 11.5. The number of esters is 1. The number of amides is 1. The van der Waals surface area contributed by atoms with E-state index in [1.165, 1.54) is 26.1 Å². The summed E-state index contributed by atoms with van der Waals surface area (Å²) in [5.41, 5.74) is 0.443. The number of hydrogen-bond donors (Lipinski definition) is 2. The van der Waals surface area contributed by atoms with Crippen LogP contribution in [0.15, 0.2) is 24.3 Å². The zero-order valence-corrected chi connectivity index (χ0v) is 9.77. The number of carbonyl (C=O) groups is 2. The fraction of sp³-hybridized carbons (Fsp3) is 0.333. The van der Waals surface area contributed by atoms with Gasteiger partial charge >= 0.3 is 5.97 Å². The van der Waals surface area contributed by atoms with Crippen molar-refractivity contribution in [2.24, 2.45) is 0 Å². The smallest absolute Gasteiger partial charge is 0.339 e. The van der Waals surface area contributed by atoms with Crippen molar-refractivity contribution in [3.63, 3.8) is 0 Å². The van der Waals surface area contributed by atoms with Crippen molar-refractivity contribution in [1.29, 1.82) is 0 Å². The molecule has 0 aliphatic rings. The van der Waals surface area contributed by atoms with Crippen LogP contribution in [0.5, 0.6) is 0 Å². The maximum atomic E-state index is 11.7. The molecule has 17 heavy (non-hydrogen) atoms. The number of ether oxygens (including phenoxy) is 1. The monoisotopic (exact) mass is 237 g/mol. The van der Waals surface area contributed by atoms with Crippen LogP contribution in [0, 0.1) is 0 Å². The van der Waals surface area contributed by atoms with Gasteiger partial charge in [-0.25, -0.2) is 4.79 Å². The van der Waals surface area contributed by atoms with Crippen LogP contribution in [-0.4, -0.2) is 36.7 Å². The van der Waals surface area contributed by atoms with E-state index in [0.29, 0.717) is 0 Å². The summed E-state index contributed by atoms with van der Waals surface area (Å²) in [6, 6.07) is 6.36. The highest BCUT2D eigenvalue weighted by Crippen LogP contribution is 2.10. The molecule has 0 aromatic heterocycles. The van der Waals surface area contributed by atoms with Gasteiger partial charge in [0.2, 0.25) is 0 Å². The first kappa shape index (κ1) is 13.2. The molecule has 0 bridgehead atoms. The Bertz CT molecular complexity index is 415. The largest absolute Gasteiger partial charge is 0.459 e. The molecule has 0 spiro atoms. The predicted octanol–water partition coefficient (Wildman–Crippen LogP) is 0.584. The van der Waals surface area contributed by atoms with Crippen molar-refractivity contribution in [1.82, 2.24) is 5.32 Å². The van der Waals surface area contributed by atoms with E-state index in [1.807, 2.05) is 0 Å². The SMILES string of the molecule is CNC(=O)c1ccccc1C(=O)OCC(C)O. The van der Waals surface area contributed by atoms with Gasteiger partial charge in [-0.3, -0.25) is 4.79 Å². The molecule has 2 N–H and O–H groups in total. The first-order valence-electron chi connectivity index (χ1n) is 5.22. The van der Waals surface area contributed by atoms with Crippen LogP contribution in [0.3, 0.4) is 0 Å². The Morgan fingerprint density at radius 2 is 1.94 bits per heavy atom. The molecule has 1 unspecified atom stereocenters. The molecule has 0 aliphatic carbocycles. The topological polar surface area (TPSA) is 75.6 Å². The summed E-state index contributed by atoms with van der Waals surface area (Å²) in [4.78, 5) is 23.2. The molecule has 0 saturated carbocycles. The van der Waals surface area contributed by atoms with Gasteiger partial charge in [0.1, 0.15) is 6.61 Å². The van der Waals surface area contributed by atoms with E-state index in [0.717, 1.165) is 0 Å². The van der Waals surface area contributed by atoms with Crippen molar-refractivity contribution in [3.05, 3.63) is 35.4 Å². The number of hydrogen-bond acceptors (Lipinski definition) is 4. The van der Waals surface area contributed by atoms with Gasteiger partial charge in [-0.15, -0.1) is 0 Å². The van der Waals surface area contributed by atoms with Crippen LogP contribution >= 0.6 is 0 Å². The van der Waals surface area contributed by atoms with E-state index in [4.69, 9.17) is 9.84 Å². The van der Waals surface area contributed by atoms with Gasteiger partial charge in [-0.05, 0) is 19.1 Å². The Hall–Kier alpha value is -1.88. The van der Waals surface area contributed by atoms with Gasteiger partial charge in [-0.1, -0.05) is 12.1 Å². The molecule has 92 valence electrons. The second-order valence-electron chi connectivity index (χ2n) is 3.57. The average Bonchev–Trinajstić information content (AvgIpc) is 2.34. The fourth-order valence-corrected chi connectivity index (χ4v) is 1.27. The Labute approximate surface area is 99.4 Å². The Balaban J connectivity index is 2.89. The highest BCUT2D eigenvalue weighted by atomic mass is 16.5. The lowest BCUT2D eigenvalue weighted by Crippen LogP contribution is -2.23. The second kappa shape index (κ2) is 6.00. The zero-order chi connectivity index (χ0) is 12.8. The minimum atomic E-state index is -0.730. The summed E-state index contributed by atoms with van der Waals surface area (Å²) >= 11 is 0. The third-order valence-electron chi connectivity index (χ3n) is 2.07. The van der Waals surface area contributed by atoms with Crippen LogP contribution in [0.2, 0.25) is 0 Å². The molecule has 0 fully saturated rings. The van der Waals surface area contributed by atoms with Gasteiger partial charge in [0.05, 0.1) is 17.2 Å². The predicted molar refractivity (Wildman–Crippen MR) is 61.8 cm³/mol. The minimum absolute atomic E-state index is 0.0963. The number of aliphatic hydroxyl groups excluding tert-OH is 1. The summed E-state index contributed by atoms with van der Waals surface area (Å²) < 4.78 is 4.86. The molecule has 0 heterocycles. The third-order valence-corrected chi connectivity index (χ3v) is 2.07. The van der Waals surface area contributed by atoms with Gasteiger partial charge in [0.15, 0.2) is 0 Å². The average molecular weight is 237 g/mol. The van der Waals surface area contributed by atoms with E-state index in [-0.39, 0.29) is 23.6 Å². The lowest BCUT2D eigenvalue weighted by atomic mass is 10.1. The minimum Gasteiger partial charge on any atom is -0.459 e. The van der Waals surface area contributed by atoms with Crippen LogP contribution in [-0.2, 0) is 4.74 Å². The van der Waals surface area contributed by atoms with Crippen LogP contribution < -0.4 is 5.32 Å². The molecule has 1 amide bonds. The fourth-order valence-electron chi connectivity index (χ4n) is 1.27. The normalized spacial score (nSPS) is 11.7. The van der Waals surface area contributed by atoms with Crippen molar-refractivity contribution in [2.75, 3.05) is 13.7 Å². The molecule has 0 saturated heterocycles. The number of carbonyl (C=O) groups excluding carboxylic acids is 2. The van der Waals surface area contributed by atoms with Crippen LogP contribution in [0.1, 0.15) is 27.6 Å². The molecule has 1 aromatic rings. The molecule has 5 nitrogen and oxygen atoms in total. The van der Waals surface area contributed by atoms with Crippen molar-refractivity contribution in [3.8, 4) is 0 Å². The van der Waals surface area contributed by atoms with Crippen LogP contribution in [0.25, 0.3) is 0 Å². The summed E-state index contributed by atoms with van der Waals surface area (Å²) in [5.74, 6) is -0.973. The molecule has 1 aromatic carbocycles. The van der Waals surface area contributed by atoms with Gasteiger partial charge < -0.3 is 15.2 Å². The highest BCUT2D eigenvalue weighted by molar-refractivity contribution is 6.05. The van der Waals surface area contributed by atoms with E-state index in [1.54, 1.807) is 12.1 Å². The quantitative estimate of drug-likeness (QED) is 0.751. The zero-order valence-electron chi connectivity index (χ0n) is 9.77. The molecule has 0 radical (unpaired) electrons. The number of benzene rings is 1. The molecule has 1 atom stereocenters. The first-order chi connectivity index (χ1) is 8.06. The maximum absolute atomic E-state index is 11.7. The van der Waals surface area contributed by atoms with E-state index in [9.17, 15) is 9.59 Å². The lowest BCUT2D eigenvalue weighted by Gasteiger charge is -2.09. The van der Waals surface area contributed by atoms with Crippen molar-refractivity contribution >= 4 is 11.9 Å². The molecule has 0 aliphatic heterocycles. The Kier molecular flexibility index (Phi) is 4.66. The molecular formula is C12H15NO4. The third kappa shape index (κ3) is 3.57. The van der Waals surface area contributed by atoms with Gasteiger partial charge in [0.25, 0.3) is 5.91 Å². The van der Waals surface area contributed by atoms with E-state index >= 15 is 0 Å². The molecular weight excluding hydrogens is 222 g/mol. The lowest BCUT2D eigenvalue weighted by molar-refractivity contribution is 0.0294. The summed E-state index contributed by atoms with van der Waals surface area (Å²) in [6.07, 6.45) is -0.730. The summed E-state index contributed by atoms with van der Waals surface area (Å²) in [7, 11) is 1.49. The number of aliphatic hydroxyl groups is 1. The number of rotatable bonds is 4. The van der Waals surface area contributed by atoms with E-state index in [2.05, 4.69) is 5.32 Å². The first-order valence-corrected chi connectivity index (χ1v) is 5.22.